The fourth-order valence-corrected chi connectivity index (χ4v) is 3.80. The summed E-state index contributed by atoms with van der Waals surface area (Å²) < 4.78 is 2.49. The molecule has 1 fully saturated rings. The molecule has 0 aliphatic heterocycles. The van der Waals surface area contributed by atoms with Crippen molar-refractivity contribution in [2.24, 2.45) is 11.8 Å². The van der Waals surface area contributed by atoms with Crippen molar-refractivity contribution in [3.8, 4) is 0 Å². The van der Waals surface area contributed by atoms with Crippen LogP contribution in [0.2, 0.25) is 0 Å². The van der Waals surface area contributed by atoms with Gasteiger partial charge in [-0.05, 0) is 56.4 Å². The van der Waals surface area contributed by atoms with E-state index in [1.165, 1.54) is 30.5 Å². The molecular formula is C16H25NO. The molecular weight excluding hydrogens is 222 g/mol. The average Bonchev–Trinajstić information content (AvgIpc) is 2.78. The van der Waals surface area contributed by atoms with Gasteiger partial charge in [-0.1, -0.05) is 13.8 Å². The largest absolute Gasteiger partial charge is 0.388 e. The summed E-state index contributed by atoms with van der Waals surface area (Å²) in [6.45, 7) is 4.78. The molecule has 1 aromatic rings. The minimum atomic E-state index is -0.213. The van der Waals surface area contributed by atoms with Crippen LogP contribution < -0.4 is 0 Å². The summed E-state index contributed by atoms with van der Waals surface area (Å²) in [6.07, 6.45) is 9.20. The fraction of sp³-hybridized carbons (Fsp3) is 0.750. The maximum Gasteiger partial charge on any atom is 0.0807 e. The number of hydrogen-bond acceptors (Lipinski definition) is 1. The second-order valence-corrected chi connectivity index (χ2v) is 6.45. The topological polar surface area (TPSA) is 25.2 Å². The number of rotatable bonds is 1. The molecule has 4 unspecified atom stereocenters. The number of hydrogen-bond donors (Lipinski definition) is 1. The molecule has 1 heterocycles. The number of nitrogens with zero attached hydrogens (tertiary/aromatic N) is 1. The van der Waals surface area contributed by atoms with E-state index in [1.807, 2.05) is 0 Å². The van der Waals surface area contributed by atoms with E-state index >= 15 is 0 Å². The van der Waals surface area contributed by atoms with Crippen LogP contribution in [0.15, 0.2) is 12.3 Å². The van der Waals surface area contributed by atoms with Gasteiger partial charge in [-0.15, -0.1) is 0 Å². The molecule has 3 rings (SSSR count). The van der Waals surface area contributed by atoms with Gasteiger partial charge in [-0.2, -0.15) is 0 Å². The third-order valence-corrected chi connectivity index (χ3v) is 5.27. The molecule has 2 nitrogen and oxygen atoms in total. The van der Waals surface area contributed by atoms with Gasteiger partial charge in [-0.25, -0.2) is 0 Å². The fourth-order valence-electron chi connectivity index (χ4n) is 3.80. The van der Waals surface area contributed by atoms with Gasteiger partial charge in [0, 0.05) is 23.5 Å². The Kier molecular flexibility index (Phi) is 3.23. The van der Waals surface area contributed by atoms with E-state index in [-0.39, 0.29) is 6.10 Å². The first-order chi connectivity index (χ1) is 8.66. The third kappa shape index (κ3) is 2.01. The van der Waals surface area contributed by atoms with E-state index in [2.05, 4.69) is 30.7 Å². The summed E-state index contributed by atoms with van der Waals surface area (Å²) in [7, 11) is 0. The van der Waals surface area contributed by atoms with Gasteiger partial charge in [0.25, 0.3) is 0 Å². The number of aromatic nitrogens is 1. The minimum absolute atomic E-state index is 0.213. The second-order valence-electron chi connectivity index (χ2n) is 6.45. The highest BCUT2D eigenvalue weighted by molar-refractivity contribution is 5.28. The van der Waals surface area contributed by atoms with Crippen molar-refractivity contribution in [2.45, 2.75) is 64.5 Å². The maximum absolute atomic E-state index is 10.1. The van der Waals surface area contributed by atoms with Crippen molar-refractivity contribution in [1.82, 2.24) is 4.57 Å². The van der Waals surface area contributed by atoms with Crippen LogP contribution in [0.1, 0.15) is 69.4 Å². The summed E-state index contributed by atoms with van der Waals surface area (Å²) in [5.74, 6) is 1.70. The van der Waals surface area contributed by atoms with Gasteiger partial charge in [0.05, 0.1) is 6.10 Å². The Labute approximate surface area is 110 Å². The molecule has 0 aromatic carbocycles. The highest BCUT2D eigenvalue weighted by Crippen LogP contribution is 2.39. The number of fused-ring (bicyclic) bond motifs is 1. The summed E-state index contributed by atoms with van der Waals surface area (Å²) in [4.78, 5) is 0. The van der Waals surface area contributed by atoms with Crippen LogP contribution in [-0.2, 0) is 6.42 Å². The lowest BCUT2D eigenvalue weighted by Gasteiger charge is -2.34. The van der Waals surface area contributed by atoms with Crippen molar-refractivity contribution in [3.63, 3.8) is 0 Å². The van der Waals surface area contributed by atoms with Gasteiger partial charge in [0.15, 0.2) is 0 Å². The zero-order valence-electron chi connectivity index (χ0n) is 11.6. The van der Waals surface area contributed by atoms with E-state index in [0.29, 0.717) is 6.04 Å². The molecule has 2 heteroatoms. The molecule has 0 amide bonds. The Hall–Kier alpha value is -0.760. The van der Waals surface area contributed by atoms with Crippen LogP contribution in [0.25, 0.3) is 0 Å². The molecule has 100 valence electrons. The van der Waals surface area contributed by atoms with Gasteiger partial charge in [0.2, 0.25) is 0 Å². The summed E-state index contributed by atoms with van der Waals surface area (Å²) in [5.41, 5.74) is 2.62. The molecule has 0 saturated heterocycles. The predicted octanol–water partition coefficient (Wildman–Crippen LogP) is 3.86. The molecule has 18 heavy (non-hydrogen) atoms. The first-order valence-corrected chi connectivity index (χ1v) is 7.54. The summed E-state index contributed by atoms with van der Waals surface area (Å²) in [6, 6.07) is 2.83. The molecule has 2 aliphatic rings. The maximum atomic E-state index is 10.1. The van der Waals surface area contributed by atoms with Crippen LogP contribution in [0.4, 0.5) is 0 Å². The van der Waals surface area contributed by atoms with E-state index in [0.717, 1.165) is 31.1 Å². The predicted molar refractivity (Wildman–Crippen MR) is 73.5 cm³/mol. The quantitative estimate of drug-likeness (QED) is 0.801. The monoisotopic (exact) mass is 247 g/mol. The lowest BCUT2D eigenvalue weighted by molar-refractivity contribution is 0.153. The first kappa shape index (κ1) is 12.3. The Morgan fingerprint density at radius 2 is 2.00 bits per heavy atom. The number of aliphatic hydroxyl groups is 1. The van der Waals surface area contributed by atoms with Gasteiger partial charge >= 0.3 is 0 Å². The SMILES string of the molecule is CC1CCC(n2ccc3c2CCCC3O)CC1C. The van der Waals surface area contributed by atoms with Gasteiger partial charge < -0.3 is 9.67 Å². The van der Waals surface area contributed by atoms with Crippen LogP contribution in [0.3, 0.4) is 0 Å². The normalized spacial score (nSPS) is 36.4. The molecule has 4 atom stereocenters. The molecule has 1 aromatic heterocycles. The highest BCUT2D eigenvalue weighted by Gasteiger charge is 2.29. The first-order valence-electron chi connectivity index (χ1n) is 7.54. The van der Waals surface area contributed by atoms with E-state index < -0.39 is 0 Å². The van der Waals surface area contributed by atoms with E-state index in [4.69, 9.17) is 0 Å². The van der Waals surface area contributed by atoms with E-state index in [9.17, 15) is 5.11 Å². The lowest BCUT2D eigenvalue weighted by Crippen LogP contribution is -2.25. The Morgan fingerprint density at radius 3 is 2.78 bits per heavy atom. The number of aliphatic hydroxyl groups excluding tert-OH is 1. The average molecular weight is 247 g/mol. The van der Waals surface area contributed by atoms with E-state index in [1.54, 1.807) is 0 Å². The molecule has 0 bridgehead atoms. The molecule has 1 N–H and O–H groups in total. The zero-order valence-corrected chi connectivity index (χ0v) is 11.6. The van der Waals surface area contributed by atoms with Crippen LogP contribution in [0, 0.1) is 11.8 Å². The molecule has 0 spiro atoms. The van der Waals surface area contributed by atoms with Crippen molar-refractivity contribution >= 4 is 0 Å². The Morgan fingerprint density at radius 1 is 1.17 bits per heavy atom. The second kappa shape index (κ2) is 4.73. The third-order valence-electron chi connectivity index (χ3n) is 5.27. The zero-order chi connectivity index (χ0) is 12.7. The molecule has 0 radical (unpaired) electrons. The minimum Gasteiger partial charge on any atom is -0.388 e. The van der Waals surface area contributed by atoms with Gasteiger partial charge in [-0.3, -0.25) is 0 Å². The lowest BCUT2D eigenvalue weighted by atomic mass is 9.79. The molecule has 1 saturated carbocycles. The summed E-state index contributed by atoms with van der Waals surface area (Å²) >= 11 is 0. The Balaban J connectivity index is 1.85. The van der Waals surface area contributed by atoms with Crippen molar-refractivity contribution < 1.29 is 5.11 Å². The smallest absolute Gasteiger partial charge is 0.0807 e. The van der Waals surface area contributed by atoms with Crippen molar-refractivity contribution in [1.29, 1.82) is 0 Å². The summed E-state index contributed by atoms with van der Waals surface area (Å²) in [5, 5.41) is 10.1. The highest BCUT2D eigenvalue weighted by atomic mass is 16.3. The van der Waals surface area contributed by atoms with Crippen molar-refractivity contribution in [3.05, 3.63) is 23.5 Å². The Bertz CT molecular complexity index is 423. The van der Waals surface area contributed by atoms with Crippen molar-refractivity contribution in [2.75, 3.05) is 0 Å². The standard InChI is InChI=1S/C16H25NO/c1-11-6-7-13(10-12(11)2)17-9-8-14-15(17)4-3-5-16(14)18/h8-9,11-13,16,18H,3-7,10H2,1-2H3. The van der Waals surface area contributed by atoms with Crippen LogP contribution in [-0.4, -0.2) is 9.67 Å². The van der Waals surface area contributed by atoms with Crippen LogP contribution in [0.5, 0.6) is 0 Å². The van der Waals surface area contributed by atoms with Gasteiger partial charge in [0.1, 0.15) is 0 Å². The van der Waals surface area contributed by atoms with Crippen LogP contribution >= 0.6 is 0 Å². The molecule has 2 aliphatic carbocycles.